The largest absolute Gasteiger partial charge is 0.378 e. The van der Waals surface area contributed by atoms with Gasteiger partial charge in [-0.3, -0.25) is 4.68 Å². The molecule has 1 fully saturated rings. The number of hydrogen-bond acceptors (Lipinski definition) is 4. The van der Waals surface area contributed by atoms with Crippen LogP contribution in [0.3, 0.4) is 0 Å². The Kier molecular flexibility index (Phi) is 6.64. The summed E-state index contributed by atoms with van der Waals surface area (Å²) in [5.74, 6) is 1.69. The highest BCUT2D eigenvalue weighted by Gasteiger charge is 2.34. The minimum Gasteiger partial charge on any atom is -0.378 e. The average Bonchev–Trinajstić information content (AvgIpc) is 3.13. The van der Waals surface area contributed by atoms with Gasteiger partial charge in [0.25, 0.3) is 0 Å². The molecule has 1 N–H and O–H groups in total. The Morgan fingerprint density at radius 2 is 2.24 bits per heavy atom. The number of aromatic nitrogens is 3. The van der Waals surface area contributed by atoms with E-state index in [0.29, 0.717) is 18.1 Å². The molecule has 1 saturated heterocycles. The van der Waals surface area contributed by atoms with Gasteiger partial charge in [-0.05, 0) is 32.2 Å². The first kappa shape index (κ1) is 16.4. The van der Waals surface area contributed by atoms with E-state index in [1.54, 1.807) is 6.33 Å². The van der Waals surface area contributed by atoms with Crippen molar-refractivity contribution >= 4 is 0 Å². The van der Waals surface area contributed by atoms with Gasteiger partial charge < -0.3 is 10.1 Å². The van der Waals surface area contributed by atoms with Crippen LogP contribution in [0.1, 0.15) is 52.3 Å². The van der Waals surface area contributed by atoms with Crippen molar-refractivity contribution in [2.24, 2.45) is 5.92 Å². The Bertz CT molecular complexity index is 407. The van der Waals surface area contributed by atoms with Crippen LogP contribution in [0.15, 0.2) is 6.33 Å². The summed E-state index contributed by atoms with van der Waals surface area (Å²) < 4.78 is 7.94. The van der Waals surface area contributed by atoms with Gasteiger partial charge in [-0.25, -0.2) is 4.98 Å². The fourth-order valence-electron chi connectivity index (χ4n) is 3.29. The van der Waals surface area contributed by atoms with Crippen LogP contribution in [0.5, 0.6) is 0 Å². The number of aryl methyl sites for hydroxylation is 1. The maximum atomic E-state index is 5.89. The van der Waals surface area contributed by atoms with Crippen LogP contribution < -0.4 is 5.32 Å². The quantitative estimate of drug-likeness (QED) is 0.760. The van der Waals surface area contributed by atoms with Gasteiger partial charge in [-0.2, -0.15) is 5.10 Å². The van der Waals surface area contributed by atoms with E-state index in [1.807, 2.05) is 0 Å². The van der Waals surface area contributed by atoms with Gasteiger partial charge in [-0.1, -0.05) is 20.8 Å². The Morgan fingerprint density at radius 1 is 1.38 bits per heavy atom. The van der Waals surface area contributed by atoms with E-state index in [4.69, 9.17) is 4.74 Å². The highest BCUT2D eigenvalue weighted by Crippen LogP contribution is 2.28. The lowest BCUT2D eigenvalue weighted by Gasteiger charge is -2.28. The molecule has 1 aliphatic heterocycles. The SMILES string of the molecule is CCCNC(Cc1ncnn1CCC)C1CCOC1CC. The summed E-state index contributed by atoms with van der Waals surface area (Å²) in [5, 5.41) is 8.07. The summed E-state index contributed by atoms with van der Waals surface area (Å²) in [5.41, 5.74) is 0. The molecule has 3 atom stereocenters. The van der Waals surface area contributed by atoms with Crippen molar-refractivity contribution < 1.29 is 4.74 Å². The molecule has 0 spiro atoms. The summed E-state index contributed by atoms with van der Waals surface area (Å²) in [4.78, 5) is 4.48. The summed E-state index contributed by atoms with van der Waals surface area (Å²) in [7, 11) is 0. The molecule has 0 radical (unpaired) electrons. The molecule has 5 heteroatoms. The second kappa shape index (κ2) is 8.49. The van der Waals surface area contributed by atoms with Crippen molar-refractivity contribution in [1.82, 2.24) is 20.1 Å². The molecule has 0 bridgehead atoms. The summed E-state index contributed by atoms with van der Waals surface area (Å²) in [6.45, 7) is 9.52. The second-order valence-electron chi connectivity index (χ2n) is 5.93. The van der Waals surface area contributed by atoms with E-state index in [0.717, 1.165) is 57.6 Å². The van der Waals surface area contributed by atoms with Crippen LogP contribution in [0.4, 0.5) is 0 Å². The van der Waals surface area contributed by atoms with Crippen LogP contribution in [0.25, 0.3) is 0 Å². The number of rotatable bonds is 9. The molecule has 0 aliphatic carbocycles. The van der Waals surface area contributed by atoms with Crippen LogP contribution in [-0.4, -0.2) is 40.1 Å². The lowest BCUT2D eigenvalue weighted by molar-refractivity contribution is 0.0771. The van der Waals surface area contributed by atoms with E-state index in [9.17, 15) is 0 Å². The van der Waals surface area contributed by atoms with E-state index in [2.05, 4.69) is 40.9 Å². The number of ether oxygens (including phenoxy) is 1. The van der Waals surface area contributed by atoms with Crippen molar-refractivity contribution in [2.45, 2.75) is 71.6 Å². The molecule has 21 heavy (non-hydrogen) atoms. The third kappa shape index (κ3) is 4.27. The standard InChI is InChI=1S/C16H30N4O/c1-4-8-17-14(13-7-10-21-15(13)6-3)11-16-18-12-19-20(16)9-5-2/h12-15,17H,4-11H2,1-3H3. The molecule has 2 heterocycles. The molecular formula is C16H30N4O. The first-order valence-corrected chi connectivity index (χ1v) is 8.51. The molecule has 3 unspecified atom stereocenters. The van der Waals surface area contributed by atoms with E-state index < -0.39 is 0 Å². The zero-order valence-corrected chi connectivity index (χ0v) is 13.7. The van der Waals surface area contributed by atoms with Gasteiger partial charge in [0.05, 0.1) is 6.10 Å². The van der Waals surface area contributed by atoms with Gasteiger partial charge >= 0.3 is 0 Å². The molecule has 2 rings (SSSR count). The molecule has 5 nitrogen and oxygen atoms in total. The molecule has 1 aliphatic rings. The Morgan fingerprint density at radius 3 is 2.95 bits per heavy atom. The van der Waals surface area contributed by atoms with Gasteiger partial charge in [-0.15, -0.1) is 0 Å². The molecule has 120 valence electrons. The zero-order chi connectivity index (χ0) is 15.1. The summed E-state index contributed by atoms with van der Waals surface area (Å²) in [6, 6.07) is 0.442. The minimum absolute atomic E-state index is 0.391. The molecule has 0 aromatic carbocycles. The zero-order valence-electron chi connectivity index (χ0n) is 13.7. The Balaban J connectivity index is 2.06. The first-order valence-electron chi connectivity index (χ1n) is 8.51. The normalized spacial score (nSPS) is 23.6. The van der Waals surface area contributed by atoms with Gasteiger partial charge in [0, 0.05) is 31.5 Å². The van der Waals surface area contributed by atoms with E-state index in [1.165, 1.54) is 0 Å². The van der Waals surface area contributed by atoms with Crippen LogP contribution in [0, 0.1) is 5.92 Å². The fourth-order valence-corrected chi connectivity index (χ4v) is 3.29. The maximum Gasteiger partial charge on any atom is 0.138 e. The minimum atomic E-state index is 0.391. The molecule has 0 saturated carbocycles. The van der Waals surface area contributed by atoms with Crippen molar-refractivity contribution in [3.63, 3.8) is 0 Å². The lowest BCUT2D eigenvalue weighted by atomic mass is 9.89. The summed E-state index contributed by atoms with van der Waals surface area (Å²) >= 11 is 0. The monoisotopic (exact) mass is 294 g/mol. The predicted octanol–water partition coefficient (Wildman–Crippen LogP) is 2.41. The van der Waals surface area contributed by atoms with Gasteiger partial charge in [0.15, 0.2) is 0 Å². The molecule has 0 amide bonds. The third-order valence-electron chi connectivity index (χ3n) is 4.37. The molecule has 1 aromatic rings. The van der Waals surface area contributed by atoms with Crippen molar-refractivity contribution in [1.29, 1.82) is 0 Å². The fraction of sp³-hybridized carbons (Fsp3) is 0.875. The third-order valence-corrected chi connectivity index (χ3v) is 4.37. The highest BCUT2D eigenvalue weighted by molar-refractivity contribution is 4.95. The average molecular weight is 294 g/mol. The lowest BCUT2D eigenvalue weighted by Crippen LogP contribution is -2.42. The highest BCUT2D eigenvalue weighted by atomic mass is 16.5. The van der Waals surface area contributed by atoms with Crippen molar-refractivity contribution in [3.05, 3.63) is 12.2 Å². The van der Waals surface area contributed by atoms with Crippen LogP contribution in [-0.2, 0) is 17.7 Å². The van der Waals surface area contributed by atoms with Crippen LogP contribution >= 0.6 is 0 Å². The maximum absolute atomic E-state index is 5.89. The summed E-state index contributed by atoms with van der Waals surface area (Å²) in [6.07, 6.45) is 7.52. The van der Waals surface area contributed by atoms with Gasteiger partial charge in [0.1, 0.15) is 12.2 Å². The second-order valence-corrected chi connectivity index (χ2v) is 5.93. The van der Waals surface area contributed by atoms with Gasteiger partial charge in [0.2, 0.25) is 0 Å². The first-order chi connectivity index (χ1) is 10.3. The topological polar surface area (TPSA) is 52.0 Å². The molecule has 1 aromatic heterocycles. The van der Waals surface area contributed by atoms with Crippen molar-refractivity contribution in [3.8, 4) is 0 Å². The number of nitrogens with one attached hydrogen (secondary N) is 1. The van der Waals surface area contributed by atoms with E-state index in [-0.39, 0.29) is 0 Å². The van der Waals surface area contributed by atoms with E-state index >= 15 is 0 Å². The van der Waals surface area contributed by atoms with Crippen LogP contribution in [0.2, 0.25) is 0 Å². The Hall–Kier alpha value is -0.940. The smallest absolute Gasteiger partial charge is 0.138 e. The molecular weight excluding hydrogens is 264 g/mol. The van der Waals surface area contributed by atoms with Crippen molar-refractivity contribution in [2.75, 3.05) is 13.2 Å². The predicted molar refractivity (Wildman–Crippen MR) is 84.2 cm³/mol. The Labute approximate surface area is 128 Å². The number of nitrogens with zero attached hydrogens (tertiary/aromatic N) is 3. The number of hydrogen-bond donors (Lipinski definition) is 1.